The number of nitrogens with zero attached hydrogens (tertiary/aromatic N) is 1. The van der Waals surface area contributed by atoms with Gasteiger partial charge in [0.2, 0.25) is 0 Å². The van der Waals surface area contributed by atoms with Crippen LogP contribution < -0.4 is 0 Å². The lowest BCUT2D eigenvalue weighted by atomic mass is 10.2. The second-order valence-corrected chi connectivity index (χ2v) is 4.21. The average Bonchev–Trinajstić information content (AvgIpc) is 2.44. The van der Waals surface area contributed by atoms with Crippen molar-refractivity contribution in [3.63, 3.8) is 0 Å². The summed E-state index contributed by atoms with van der Waals surface area (Å²) < 4.78 is 36.0. The minimum atomic E-state index is -4.02. The number of rotatable bonds is 2. The maximum atomic E-state index is 12.0. The van der Waals surface area contributed by atoms with Crippen LogP contribution in [0.15, 0.2) is 0 Å². The monoisotopic (exact) mass is 193 g/mol. The fourth-order valence-corrected chi connectivity index (χ4v) is 2.72. The third kappa shape index (κ3) is 1.82. The number of hydrogen-bond donors (Lipinski definition) is 0. The van der Waals surface area contributed by atoms with Crippen molar-refractivity contribution in [1.82, 2.24) is 4.90 Å². The summed E-state index contributed by atoms with van der Waals surface area (Å²) in [6.07, 6.45) is -2.88. The molecule has 1 saturated carbocycles. The van der Waals surface area contributed by atoms with Crippen LogP contribution in [0.3, 0.4) is 0 Å². The first-order valence-corrected chi connectivity index (χ1v) is 4.80. The Morgan fingerprint density at radius 2 is 1.77 bits per heavy atom. The molecule has 0 bridgehead atoms. The highest BCUT2D eigenvalue weighted by atomic mass is 19.4. The van der Waals surface area contributed by atoms with Crippen LogP contribution in [0.1, 0.15) is 13.3 Å². The van der Waals surface area contributed by atoms with E-state index in [9.17, 15) is 13.2 Å². The van der Waals surface area contributed by atoms with Crippen LogP contribution in [0.5, 0.6) is 0 Å². The van der Waals surface area contributed by atoms with Crippen molar-refractivity contribution in [2.75, 3.05) is 19.6 Å². The minimum absolute atomic E-state index is 0.576. The molecule has 0 aromatic carbocycles. The minimum Gasteiger partial charge on any atom is -0.294 e. The van der Waals surface area contributed by atoms with Crippen molar-refractivity contribution in [3.05, 3.63) is 0 Å². The summed E-state index contributed by atoms with van der Waals surface area (Å²) in [5.74, 6) is 1.88. The molecule has 0 radical (unpaired) electrons. The van der Waals surface area contributed by atoms with Gasteiger partial charge in [0.25, 0.3) is 0 Å². The Hall–Kier alpha value is -0.250. The largest absolute Gasteiger partial charge is 0.401 e. The highest BCUT2D eigenvalue weighted by molar-refractivity contribution is 5.04. The van der Waals surface area contributed by atoms with Crippen LogP contribution in [0.4, 0.5) is 13.2 Å². The molecule has 0 aromatic heterocycles. The standard InChI is InChI=1S/C9H14F3N/c1-2-6-7-3-13(4-8(6)7)5-9(10,11)12/h6-8H,2-5H2,1H3/t6?,7-,8+. The molecule has 3 atom stereocenters. The van der Waals surface area contributed by atoms with Crippen molar-refractivity contribution in [1.29, 1.82) is 0 Å². The topological polar surface area (TPSA) is 3.24 Å². The molecular formula is C9H14F3N. The van der Waals surface area contributed by atoms with Gasteiger partial charge in [0.1, 0.15) is 0 Å². The number of fused-ring (bicyclic) bond motifs is 1. The summed E-state index contributed by atoms with van der Waals surface area (Å²) in [6, 6.07) is 0. The van der Waals surface area contributed by atoms with Gasteiger partial charge in [0.15, 0.2) is 0 Å². The Kier molecular flexibility index (Phi) is 2.06. The zero-order chi connectivity index (χ0) is 9.64. The van der Waals surface area contributed by atoms with E-state index in [1.54, 1.807) is 4.90 Å². The predicted molar refractivity (Wildman–Crippen MR) is 43.3 cm³/mol. The highest BCUT2D eigenvalue weighted by Crippen LogP contribution is 2.53. The fraction of sp³-hybridized carbons (Fsp3) is 1.00. The Balaban J connectivity index is 1.78. The molecule has 0 amide bonds. The van der Waals surface area contributed by atoms with E-state index in [-0.39, 0.29) is 0 Å². The maximum Gasteiger partial charge on any atom is 0.401 e. The van der Waals surface area contributed by atoms with E-state index in [1.807, 2.05) is 0 Å². The second kappa shape index (κ2) is 2.87. The smallest absolute Gasteiger partial charge is 0.294 e. The van der Waals surface area contributed by atoms with Crippen molar-refractivity contribution >= 4 is 0 Å². The average molecular weight is 193 g/mol. The van der Waals surface area contributed by atoms with Gasteiger partial charge in [-0.2, -0.15) is 13.2 Å². The van der Waals surface area contributed by atoms with Crippen LogP contribution in [0.2, 0.25) is 0 Å². The van der Waals surface area contributed by atoms with E-state index in [4.69, 9.17) is 0 Å². The number of halogens is 3. The Labute approximate surface area is 75.9 Å². The third-order valence-electron chi connectivity index (χ3n) is 3.32. The van der Waals surface area contributed by atoms with E-state index in [2.05, 4.69) is 6.92 Å². The maximum absolute atomic E-state index is 12.0. The molecule has 1 unspecified atom stereocenters. The first kappa shape index (κ1) is 9.31. The molecule has 0 N–H and O–H groups in total. The second-order valence-electron chi connectivity index (χ2n) is 4.21. The summed E-state index contributed by atoms with van der Waals surface area (Å²) in [6.45, 7) is 2.75. The van der Waals surface area contributed by atoms with Crippen LogP contribution in [-0.2, 0) is 0 Å². The summed E-state index contributed by atoms with van der Waals surface area (Å²) in [5, 5.41) is 0. The van der Waals surface area contributed by atoms with Crippen LogP contribution in [0, 0.1) is 17.8 Å². The van der Waals surface area contributed by atoms with Gasteiger partial charge in [-0.05, 0) is 17.8 Å². The van der Waals surface area contributed by atoms with Crippen molar-refractivity contribution in [2.45, 2.75) is 19.5 Å². The van der Waals surface area contributed by atoms with E-state index in [1.165, 1.54) is 0 Å². The summed E-state index contributed by atoms with van der Waals surface area (Å²) in [5.41, 5.74) is 0. The van der Waals surface area contributed by atoms with Gasteiger partial charge in [-0.25, -0.2) is 0 Å². The number of piperidine rings is 1. The molecular weight excluding hydrogens is 179 g/mol. The summed E-state index contributed by atoms with van der Waals surface area (Å²) in [7, 11) is 0. The number of alkyl halides is 3. The molecule has 0 spiro atoms. The molecule has 1 saturated heterocycles. The van der Waals surface area contributed by atoms with Crippen LogP contribution in [0.25, 0.3) is 0 Å². The summed E-state index contributed by atoms with van der Waals surface area (Å²) >= 11 is 0. The highest BCUT2D eigenvalue weighted by Gasteiger charge is 2.55. The van der Waals surface area contributed by atoms with E-state index >= 15 is 0 Å². The van der Waals surface area contributed by atoms with Crippen molar-refractivity contribution in [3.8, 4) is 0 Å². The van der Waals surface area contributed by atoms with Gasteiger partial charge in [-0.15, -0.1) is 0 Å². The molecule has 2 fully saturated rings. The van der Waals surface area contributed by atoms with E-state index < -0.39 is 12.7 Å². The first-order valence-electron chi connectivity index (χ1n) is 4.80. The molecule has 1 heterocycles. The van der Waals surface area contributed by atoms with Gasteiger partial charge in [-0.3, -0.25) is 4.90 Å². The third-order valence-corrected chi connectivity index (χ3v) is 3.32. The first-order chi connectivity index (χ1) is 6.01. The van der Waals surface area contributed by atoms with Crippen molar-refractivity contribution < 1.29 is 13.2 Å². The molecule has 1 aliphatic carbocycles. The molecule has 1 nitrogen and oxygen atoms in total. The molecule has 76 valence electrons. The van der Waals surface area contributed by atoms with E-state index in [0.717, 1.165) is 12.3 Å². The SMILES string of the molecule is CCC1[C@H]2CN(CC(F)(F)F)C[C@@H]12. The Bertz CT molecular complexity index is 190. The lowest BCUT2D eigenvalue weighted by Crippen LogP contribution is -2.34. The lowest BCUT2D eigenvalue weighted by Gasteiger charge is -2.20. The molecule has 2 rings (SSSR count). The Morgan fingerprint density at radius 1 is 1.23 bits per heavy atom. The zero-order valence-corrected chi connectivity index (χ0v) is 7.64. The molecule has 2 aliphatic rings. The quantitative estimate of drug-likeness (QED) is 0.649. The number of likely N-dealkylation sites (tertiary alicyclic amines) is 1. The lowest BCUT2D eigenvalue weighted by molar-refractivity contribution is -0.144. The van der Waals surface area contributed by atoms with Gasteiger partial charge in [0.05, 0.1) is 6.54 Å². The predicted octanol–water partition coefficient (Wildman–Crippen LogP) is 2.14. The zero-order valence-electron chi connectivity index (χ0n) is 7.64. The Morgan fingerprint density at radius 3 is 2.15 bits per heavy atom. The van der Waals surface area contributed by atoms with Gasteiger partial charge >= 0.3 is 6.18 Å². The van der Waals surface area contributed by atoms with Crippen LogP contribution in [-0.4, -0.2) is 30.7 Å². The molecule has 0 aromatic rings. The molecule has 1 aliphatic heterocycles. The molecule has 4 heteroatoms. The normalized spacial score (nSPS) is 39.2. The van der Waals surface area contributed by atoms with Crippen molar-refractivity contribution in [2.24, 2.45) is 17.8 Å². The fourth-order valence-electron chi connectivity index (χ4n) is 2.72. The molecule has 13 heavy (non-hydrogen) atoms. The summed E-state index contributed by atoms with van der Waals surface area (Å²) in [4.78, 5) is 1.54. The van der Waals surface area contributed by atoms with Gasteiger partial charge in [-0.1, -0.05) is 13.3 Å². The van der Waals surface area contributed by atoms with E-state index in [0.29, 0.717) is 24.9 Å². The number of hydrogen-bond acceptors (Lipinski definition) is 1. The van der Waals surface area contributed by atoms with Gasteiger partial charge < -0.3 is 0 Å². The van der Waals surface area contributed by atoms with Crippen LogP contribution >= 0.6 is 0 Å². The van der Waals surface area contributed by atoms with Gasteiger partial charge in [0, 0.05) is 13.1 Å².